The lowest BCUT2D eigenvalue weighted by molar-refractivity contribution is -0.141. The molecule has 0 radical (unpaired) electrons. The Kier molecular flexibility index (Phi) is 22.4. The van der Waals surface area contributed by atoms with Crippen LogP contribution in [0, 0.1) is 13.8 Å². The first-order valence-electron chi connectivity index (χ1n) is 28.3. The monoisotopic (exact) mass is 1130 g/mol. The molecule has 0 saturated heterocycles. The number of carboxylic acid groups (broad SMARTS) is 1. The maximum Gasteiger partial charge on any atom is 0.306 e. The van der Waals surface area contributed by atoms with Crippen LogP contribution in [-0.4, -0.2) is 83.3 Å². The largest absolute Gasteiger partial charge is 0.481 e. The van der Waals surface area contributed by atoms with Crippen molar-refractivity contribution in [1.82, 2.24) is 40.2 Å². The molecular weight excluding hydrogens is 1050 g/mol. The number of aromatic nitrogens is 6. The van der Waals surface area contributed by atoms with Gasteiger partial charge in [-0.25, -0.2) is 9.36 Å². The first-order chi connectivity index (χ1) is 38.7. The number of rotatable bonds is 16. The van der Waals surface area contributed by atoms with Crippen molar-refractivity contribution in [2.45, 2.75) is 160 Å². The summed E-state index contributed by atoms with van der Waals surface area (Å²) in [6, 6.07) is 33.1. The summed E-state index contributed by atoms with van der Waals surface area (Å²) in [5, 5.41) is 30.2. The summed E-state index contributed by atoms with van der Waals surface area (Å²) in [5.74, 6) is -1.38. The zero-order valence-electron chi connectivity index (χ0n) is 47.8. The molecule has 0 bridgehead atoms. The van der Waals surface area contributed by atoms with Crippen LogP contribution in [0.15, 0.2) is 97.1 Å². The van der Waals surface area contributed by atoms with Crippen LogP contribution in [0.4, 0.5) is 0 Å². The van der Waals surface area contributed by atoms with Crippen LogP contribution < -0.4 is 5.32 Å². The summed E-state index contributed by atoms with van der Waals surface area (Å²) in [4.78, 5) is 51.1. The molecule has 2 aromatic heterocycles. The van der Waals surface area contributed by atoms with E-state index in [1.807, 2.05) is 78.4 Å². The van der Waals surface area contributed by atoms with Gasteiger partial charge in [0.15, 0.2) is 0 Å². The van der Waals surface area contributed by atoms with Crippen molar-refractivity contribution in [3.05, 3.63) is 186 Å². The van der Waals surface area contributed by atoms with Crippen molar-refractivity contribution in [1.29, 1.82) is 0 Å². The van der Waals surface area contributed by atoms with Gasteiger partial charge in [-0.2, -0.15) is 0 Å². The fourth-order valence-corrected chi connectivity index (χ4v) is 11.9. The van der Waals surface area contributed by atoms with Gasteiger partial charge in [-0.1, -0.05) is 138 Å². The molecular formula is C67H83ClN8O6. The van der Waals surface area contributed by atoms with Crippen molar-refractivity contribution in [3.8, 4) is 0 Å². The van der Waals surface area contributed by atoms with Crippen LogP contribution in [-0.2, 0) is 79.0 Å². The second-order valence-corrected chi connectivity index (χ2v) is 21.0. The average molecular weight is 1130 g/mol. The number of aliphatic carboxylic acids is 1. The Morgan fingerprint density at radius 1 is 0.622 bits per heavy atom. The number of hydrogen-bond acceptors (Lipinski definition) is 10. The summed E-state index contributed by atoms with van der Waals surface area (Å²) in [6.45, 7) is 21.0. The smallest absolute Gasteiger partial charge is 0.306 e. The number of carboxylic acids is 1. The van der Waals surface area contributed by atoms with E-state index in [-0.39, 0.29) is 50.2 Å². The van der Waals surface area contributed by atoms with E-state index in [0.29, 0.717) is 25.1 Å². The van der Waals surface area contributed by atoms with Gasteiger partial charge in [-0.3, -0.25) is 19.2 Å². The predicted octanol–water partition coefficient (Wildman–Crippen LogP) is 13.3. The number of esters is 1. The number of amides is 1. The molecule has 1 amide bonds. The first kappa shape index (κ1) is 63.6. The quantitative estimate of drug-likeness (QED) is 0.0696. The van der Waals surface area contributed by atoms with Crippen LogP contribution >= 0.6 is 11.6 Å². The van der Waals surface area contributed by atoms with Gasteiger partial charge in [0.2, 0.25) is 0 Å². The molecule has 2 aliphatic rings. The van der Waals surface area contributed by atoms with E-state index < -0.39 is 5.97 Å². The lowest BCUT2D eigenvalue weighted by Crippen LogP contribution is -2.37. The Labute approximate surface area is 489 Å². The number of nitrogens with zero attached hydrogens (tertiary/aromatic N) is 7. The number of hydrogen-bond donors (Lipinski definition) is 2. The molecule has 2 atom stereocenters. The van der Waals surface area contributed by atoms with Crippen LogP contribution in [0.1, 0.15) is 180 Å². The number of benzene rings is 6. The Hall–Kier alpha value is -7.55. The summed E-state index contributed by atoms with van der Waals surface area (Å²) in [7, 11) is 1.44. The van der Waals surface area contributed by atoms with E-state index in [4.69, 9.17) is 16.3 Å². The summed E-state index contributed by atoms with van der Waals surface area (Å²) in [6.07, 6.45) is 5.43. The minimum Gasteiger partial charge on any atom is -0.481 e. The fraction of sp³-hybridized carbons (Fsp3) is 0.403. The number of methoxy groups -OCH3 is 1. The van der Waals surface area contributed by atoms with Gasteiger partial charge in [0, 0.05) is 55.7 Å². The first-order valence-corrected chi connectivity index (χ1v) is 28.6. The SMILES string of the molecule is C.C.CCc1cccc(CC)c1C(=O)Cl.CCc1cccc(CC)c1C(=O)N1CCc2ccc(C(CC(=O)O)c3ccc4c(nnn4CC)c3C)cc2C1.CCn1nnc2c(C)c(C(CC(=O)OC)c3ccc4c(c3)CNCC4)ccc21. The third kappa shape index (κ3) is 13.7. The highest BCUT2D eigenvalue weighted by Gasteiger charge is 2.29. The zero-order chi connectivity index (χ0) is 57.2. The molecule has 82 heavy (non-hydrogen) atoms. The summed E-state index contributed by atoms with van der Waals surface area (Å²) in [5.41, 5.74) is 20.6. The lowest BCUT2D eigenvalue weighted by atomic mass is 9.83. The van der Waals surface area contributed by atoms with Gasteiger partial charge in [0.1, 0.15) is 11.0 Å². The molecule has 4 heterocycles. The number of carbonyl (C=O) groups excluding carboxylic acids is 3. The van der Waals surface area contributed by atoms with Gasteiger partial charge in [0.05, 0.1) is 31.0 Å². The van der Waals surface area contributed by atoms with Crippen molar-refractivity contribution >= 4 is 56.8 Å². The zero-order valence-corrected chi connectivity index (χ0v) is 48.5. The molecule has 6 aromatic carbocycles. The van der Waals surface area contributed by atoms with E-state index >= 15 is 0 Å². The number of aryl methyl sites for hydroxylation is 8. The third-order valence-electron chi connectivity index (χ3n) is 16.2. The van der Waals surface area contributed by atoms with Gasteiger partial charge >= 0.3 is 11.9 Å². The van der Waals surface area contributed by atoms with Gasteiger partial charge < -0.3 is 20.1 Å². The topological polar surface area (TPSA) is 174 Å². The van der Waals surface area contributed by atoms with E-state index in [2.05, 4.69) is 114 Å². The summed E-state index contributed by atoms with van der Waals surface area (Å²) >= 11 is 5.53. The highest BCUT2D eigenvalue weighted by Crippen LogP contribution is 2.37. The predicted molar refractivity (Wildman–Crippen MR) is 329 cm³/mol. The Morgan fingerprint density at radius 3 is 1.56 bits per heavy atom. The van der Waals surface area contributed by atoms with E-state index in [1.165, 1.54) is 23.8 Å². The number of fused-ring (bicyclic) bond motifs is 4. The molecule has 2 N–H and O–H groups in total. The van der Waals surface area contributed by atoms with Crippen molar-refractivity contribution in [2.75, 3.05) is 20.2 Å². The molecule has 0 saturated carbocycles. The Bertz CT molecular complexity index is 3520. The Morgan fingerprint density at radius 2 is 1.10 bits per heavy atom. The second kappa shape index (κ2) is 28.9. The normalized spacial score (nSPS) is 13.2. The molecule has 0 spiro atoms. The van der Waals surface area contributed by atoms with Crippen LogP contribution in [0.25, 0.3) is 22.1 Å². The van der Waals surface area contributed by atoms with Crippen LogP contribution in [0.5, 0.6) is 0 Å². The number of nitrogens with one attached hydrogen (secondary N) is 1. The second-order valence-electron chi connectivity index (χ2n) is 20.6. The van der Waals surface area contributed by atoms with E-state index in [0.717, 1.165) is 154 Å². The third-order valence-corrected chi connectivity index (χ3v) is 16.3. The molecule has 2 unspecified atom stereocenters. The lowest BCUT2D eigenvalue weighted by Gasteiger charge is -2.31. The molecule has 0 fully saturated rings. The van der Waals surface area contributed by atoms with Crippen molar-refractivity contribution in [3.63, 3.8) is 0 Å². The van der Waals surface area contributed by atoms with E-state index in [9.17, 15) is 24.3 Å². The van der Waals surface area contributed by atoms with Gasteiger partial charge in [-0.05, 0) is 174 Å². The number of ether oxygens (including phenoxy) is 1. The van der Waals surface area contributed by atoms with Gasteiger partial charge in [0.25, 0.3) is 11.1 Å². The molecule has 434 valence electrons. The maximum atomic E-state index is 13.8. The highest BCUT2D eigenvalue weighted by molar-refractivity contribution is 6.68. The molecule has 15 heteroatoms. The molecule has 10 rings (SSSR count). The van der Waals surface area contributed by atoms with E-state index in [1.54, 1.807) is 0 Å². The van der Waals surface area contributed by atoms with Crippen LogP contribution in [0.3, 0.4) is 0 Å². The standard InChI is InChI=1S/C32H36N4O3.C22H26N4O2.C11H13ClO.2CH4/c1-5-21-9-8-10-22(6-2)30(21)32(39)35-16-15-23-11-12-24(17-25(23)19-35)27(18-29(37)38)26-13-14-28-31(20(26)4)33-34-36(28)7-3;1-4-26-20-8-7-18(14(2)22(20)24-25-26)19(12-21(27)28-3)16-6-5-15-9-10-23-13-17(15)11-16;1-3-8-6-5-7-9(4-2)10(8)11(12)13;;/h8-14,17,27H,5-7,15-16,18-19H2,1-4H3,(H,37,38);5-8,11,19,23H,4,9-10,12-13H2,1-3H3;5-7H,3-4H2,1-2H3;2*1H4. The molecule has 14 nitrogen and oxygen atoms in total. The summed E-state index contributed by atoms with van der Waals surface area (Å²) < 4.78 is 8.75. The number of halogens is 1. The van der Waals surface area contributed by atoms with Crippen LogP contribution in [0.2, 0.25) is 0 Å². The minimum atomic E-state index is -0.852. The van der Waals surface area contributed by atoms with Crippen molar-refractivity contribution < 1.29 is 29.0 Å². The average Bonchev–Trinajstić information content (AvgIpc) is 4.31. The minimum absolute atomic E-state index is 0. The number of carbonyl (C=O) groups is 4. The highest BCUT2D eigenvalue weighted by atomic mass is 35.5. The fourth-order valence-electron chi connectivity index (χ4n) is 11.7. The molecule has 2 aliphatic heterocycles. The Balaban J connectivity index is 0.000000219. The molecule has 8 aromatic rings. The van der Waals surface area contributed by atoms with Gasteiger partial charge in [-0.15, -0.1) is 10.2 Å². The van der Waals surface area contributed by atoms with Crippen molar-refractivity contribution in [2.24, 2.45) is 0 Å². The molecule has 0 aliphatic carbocycles. The maximum absolute atomic E-state index is 13.8.